The Bertz CT molecular complexity index is 3960. The van der Waals surface area contributed by atoms with Crippen molar-refractivity contribution >= 4 is 17.1 Å². The van der Waals surface area contributed by atoms with E-state index in [2.05, 4.69) is 302 Å². The molecule has 0 unspecified atom stereocenters. The summed E-state index contributed by atoms with van der Waals surface area (Å²) < 4.78 is 0. The molecule has 350 valence electrons. The molecule has 0 aromatic heterocycles. The average Bonchev–Trinajstić information content (AvgIpc) is 4.21. The Morgan fingerprint density at radius 2 is 0.547 bits per heavy atom. The minimum atomic E-state index is -0.666. The fourth-order valence-corrected chi connectivity index (χ4v) is 13.5. The molecule has 0 radical (unpaired) electrons. The SMILES string of the molecule is c1ccc(-c2ccc(N(c3ccc(-c4ccccc4)cc3)c3ccc4c(c3)C3(c5ccccc5-c5ccccc53)c3cc5c(c(-c6ccccc6)c3-4)-c3ccccc3C5(c3ccccc3)c3ccccc3)cc2)cc1. The Morgan fingerprint density at radius 3 is 1.03 bits per heavy atom. The first-order chi connectivity index (χ1) is 37.2. The second kappa shape index (κ2) is 17.0. The molecule has 0 heterocycles. The van der Waals surface area contributed by atoms with Crippen molar-refractivity contribution in [3.05, 3.63) is 342 Å². The first kappa shape index (κ1) is 43.1. The lowest BCUT2D eigenvalue weighted by molar-refractivity contribution is 0.753. The summed E-state index contributed by atoms with van der Waals surface area (Å²) in [6, 6.07) is 111. The largest absolute Gasteiger partial charge is 0.310 e. The highest BCUT2D eigenvalue weighted by Crippen LogP contribution is 2.69. The van der Waals surface area contributed by atoms with Gasteiger partial charge >= 0.3 is 0 Å². The van der Waals surface area contributed by atoms with Crippen LogP contribution in [0.4, 0.5) is 17.1 Å². The number of nitrogens with zero attached hydrogens (tertiary/aromatic N) is 1. The van der Waals surface area contributed by atoms with Crippen LogP contribution < -0.4 is 4.90 Å². The normalized spacial score (nSPS) is 13.5. The second-order valence-corrected chi connectivity index (χ2v) is 20.2. The molecule has 0 saturated heterocycles. The van der Waals surface area contributed by atoms with Crippen LogP contribution in [0.2, 0.25) is 0 Å². The number of benzene rings is 12. The third-order valence-corrected chi connectivity index (χ3v) is 16.6. The van der Waals surface area contributed by atoms with Crippen LogP contribution >= 0.6 is 0 Å². The van der Waals surface area contributed by atoms with Gasteiger partial charge in [-0.3, -0.25) is 0 Å². The summed E-state index contributed by atoms with van der Waals surface area (Å²) in [5.41, 5.74) is 27.3. The highest BCUT2D eigenvalue weighted by Gasteiger charge is 2.56. The summed E-state index contributed by atoms with van der Waals surface area (Å²) in [5, 5.41) is 0. The van der Waals surface area contributed by atoms with Crippen LogP contribution in [0.1, 0.15) is 44.5 Å². The number of hydrogen-bond donors (Lipinski definition) is 0. The molecule has 0 N–H and O–H groups in total. The van der Waals surface area contributed by atoms with E-state index in [9.17, 15) is 0 Å². The van der Waals surface area contributed by atoms with Crippen molar-refractivity contribution in [2.45, 2.75) is 10.8 Å². The van der Waals surface area contributed by atoms with Crippen LogP contribution in [-0.4, -0.2) is 0 Å². The molecule has 1 spiro atoms. The molecule has 75 heavy (non-hydrogen) atoms. The lowest BCUT2D eigenvalue weighted by atomic mass is 9.65. The van der Waals surface area contributed by atoms with Gasteiger partial charge in [0, 0.05) is 17.1 Å². The van der Waals surface area contributed by atoms with E-state index in [4.69, 9.17) is 0 Å². The van der Waals surface area contributed by atoms with Gasteiger partial charge in [-0.05, 0) is 148 Å². The van der Waals surface area contributed by atoms with E-state index >= 15 is 0 Å². The van der Waals surface area contributed by atoms with Gasteiger partial charge in [-0.25, -0.2) is 0 Å². The molecule has 1 nitrogen and oxygen atoms in total. The molecule has 0 atom stereocenters. The van der Waals surface area contributed by atoms with Gasteiger partial charge in [0.05, 0.1) is 10.8 Å². The molecule has 0 fully saturated rings. The van der Waals surface area contributed by atoms with Crippen LogP contribution in [0, 0.1) is 0 Å². The molecule has 3 aliphatic carbocycles. The van der Waals surface area contributed by atoms with Crippen molar-refractivity contribution < 1.29 is 0 Å². The van der Waals surface area contributed by atoms with Crippen molar-refractivity contribution in [2.75, 3.05) is 4.90 Å². The third kappa shape index (κ3) is 6.25. The summed E-state index contributed by atoms with van der Waals surface area (Å²) in [6.45, 7) is 0. The van der Waals surface area contributed by atoms with Crippen molar-refractivity contribution in [2.24, 2.45) is 0 Å². The van der Waals surface area contributed by atoms with Crippen LogP contribution in [0.3, 0.4) is 0 Å². The molecular weight excluding hydrogens is 903 g/mol. The molecule has 15 rings (SSSR count). The van der Waals surface area contributed by atoms with E-state index in [1.54, 1.807) is 0 Å². The van der Waals surface area contributed by atoms with E-state index in [1.807, 2.05) is 0 Å². The number of anilines is 3. The molecule has 0 saturated carbocycles. The van der Waals surface area contributed by atoms with Gasteiger partial charge in [0.15, 0.2) is 0 Å². The van der Waals surface area contributed by atoms with Gasteiger partial charge in [0.1, 0.15) is 0 Å². The molecule has 0 bridgehead atoms. The maximum Gasteiger partial charge on any atom is 0.0726 e. The monoisotopic (exact) mass is 951 g/mol. The molecule has 12 aromatic carbocycles. The molecule has 12 aromatic rings. The predicted molar refractivity (Wildman–Crippen MR) is 311 cm³/mol. The van der Waals surface area contributed by atoms with Crippen molar-refractivity contribution in [1.29, 1.82) is 0 Å². The lowest BCUT2D eigenvalue weighted by Gasteiger charge is -2.36. The molecule has 0 aliphatic heterocycles. The fourth-order valence-electron chi connectivity index (χ4n) is 13.5. The molecular formula is C74H49N. The topological polar surface area (TPSA) is 3.24 Å². The fraction of sp³-hybridized carbons (Fsp3) is 0.0270. The van der Waals surface area contributed by atoms with E-state index < -0.39 is 10.8 Å². The van der Waals surface area contributed by atoms with Crippen LogP contribution in [-0.2, 0) is 10.8 Å². The van der Waals surface area contributed by atoms with Gasteiger partial charge in [0.25, 0.3) is 0 Å². The van der Waals surface area contributed by atoms with Crippen molar-refractivity contribution in [1.82, 2.24) is 0 Å². The Balaban J connectivity index is 1.06. The van der Waals surface area contributed by atoms with Gasteiger partial charge in [-0.2, -0.15) is 0 Å². The zero-order chi connectivity index (χ0) is 49.5. The number of hydrogen-bond acceptors (Lipinski definition) is 1. The quantitative estimate of drug-likeness (QED) is 0.147. The summed E-state index contributed by atoms with van der Waals surface area (Å²) in [7, 11) is 0. The van der Waals surface area contributed by atoms with Crippen LogP contribution in [0.5, 0.6) is 0 Å². The van der Waals surface area contributed by atoms with E-state index in [1.165, 1.54) is 111 Å². The summed E-state index contributed by atoms with van der Waals surface area (Å²) in [5.74, 6) is 0. The predicted octanol–water partition coefficient (Wildman–Crippen LogP) is 18.9. The van der Waals surface area contributed by atoms with Crippen molar-refractivity contribution in [3.63, 3.8) is 0 Å². The first-order valence-corrected chi connectivity index (χ1v) is 26.2. The van der Waals surface area contributed by atoms with E-state index in [0.717, 1.165) is 17.1 Å². The average molecular weight is 952 g/mol. The lowest BCUT2D eigenvalue weighted by Crippen LogP contribution is -2.30. The zero-order valence-corrected chi connectivity index (χ0v) is 41.2. The number of fused-ring (bicyclic) bond motifs is 13. The van der Waals surface area contributed by atoms with E-state index in [-0.39, 0.29) is 0 Å². The second-order valence-electron chi connectivity index (χ2n) is 20.2. The summed E-state index contributed by atoms with van der Waals surface area (Å²) in [4.78, 5) is 2.46. The molecule has 0 amide bonds. The summed E-state index contributed by atoms with van der Waals surface area (Å²) >= 11 is 0. The standard InChI is InChI=1S/C74H49N/c1-6-22-50(23-7-1)52-38-42-57(43-39-52)75(58-44-40-53(41-45-58)51-24-8-2-9-25-51)59-46-47-63-67(48-59)74(64-35-19-16-32-60(64)61-33-17-20-36-65(61)74)69-49-68-71(70(72(63)69)54-26-10-3-11-27-54)62-34-18-21-37-66(62)73(68,55-28-12-4-13-29-55)56-30-14-5-15-31-56/h1-49H. The van der Waals surface area contributed by atoms with Gasteiger partial charge in [0.2, 0.25) is 0 Å². The smallest absolute Gasteiger partial charge is 0.0726 e. The highest BCUT2D eigenvalue weighted by atomic mass is 15.1. The molecule has 3 aliphatic rings. The maximum atomic E-state index is 2.66. The van der Waals surface area contributed by atoms with Gasteiger partial charge < -0.3 is 4.90 Å². The highest BCUT2D eigenvalue weighted by molar-refractivity contribution is 6.08. The Kier molecular flexibility index (Phi) is 9.77. The Morgan fingerprint density at radius 1 is 0.200 bits per heavy atom. The third-order valence-electron chi connectivity index (χ3n) is 16.6. The van der Waals surface area contributed by atoms with Crippen LogP contribution in [0.25, 0.3) is 66.8 Å². The minimum absolute atomic E-state index is 0.611. The van der Waals surface area contributed by atoms with Gasteiger partial charge in [-0.1, -0.05) is 261 Å². The van der Waals surface area contributed by atoms with E-state index in [0.29, 0.717) is 0 Å². The van der Waals surface area contributed by atoms with Gasteiger partial charge in [-0.15, -0.1) is 0 Å². The molecule has 1 heteroatoms. The Hall–Kier alpha value is -9.56. The Labute approximate surface area is 439 Å². The van der Waals surface area contributed by atoms with Crippen LogP contribution in [0.15, 0.2) is 297 Å². The number of rotatable bonds is 8. The van der Waals surface area contributed by atoms with Crippen molar-refractivity contribution in [3.8, 4) is 66.8 Å². The maximum absolute atomic E-state index is 2.66. The minimum Gasteiger partial charge on any atom is -0.310 e. The first-order valence-electron chi connectivity index (χ1n) is 26.2. The zero-order valence-electron chi connectivity index (χ0n) is 41.2. The summed E-state index contributed by atoms with van der Waals surface area (Å²) in [6.07, 6.45) is 0.